The van der Waals surface area contributed by atoms with Crippen LogP contribution in [0.2, 0.25) is 0 Å². The molecule has 19 heavy (non-hydrogen) atoms. The topological polar surface area (TPSA) is 65.5 Å². The summed E-state index contributed by atoms with van der Waals surface area (Å²) in [5, 5.41) is 12.3. The van der Waals surface area contributed by atoms with E-state index in [2.05, 4.69) is 22.1 Å². The quantitative estimate of drug-likeness (QED) is 0.811. The van der Waals surface area contributed by atoms with E-state index in [1.54, 1.807) is 6.07 Å². The zero-order chi connectivity index (χ0) is 13.7. The fourth-order valence-electron chi connectivity index (χ4n) is 2.39. The molecule has 1 unspecified atom stereocenters. The number of carbonyl (C=O) groups is 1. The van der Waals surface area contributed by atoms with Gasteiger partial charge in [-0.15, -0.1) is 0 Å². The van der Waals surface area contributed by atoms with E-state index >= 15 is 0 Å². The van der Waals surface area contributed by atoms with Crippen molar-refractivity contribution in [3.63, 3.8) is 0 Å². The smallest absolute Gasteiger partial charge is 0.354 e. The van der Waals surface area contributed by atoms with Crippen LogP contribution in [0.25, 0.3) is 0 Å². The molecule has 0 aromatic carbocycles. The Morgan fingerprint density at radius 1 is 1.47 bits per heavy atom. The van der Waals surface area contributed by atoms with Crippen molar-refractivity contribution in [3.8, 4) is 0 Å². The molecule has 1 fully saturated rings. The highest BCUT2D eigenvalue weighted by Crippen LogP contribution is 2.07. The molecule has 1 aliphatic heterocycles. The van der Waals surface area contributed by atoms with E-state index in [0.29, 0.717) is 12.6 Å². The van der Waals surface area contributed by atoms with E-state index < -0.39 is 5.97 Å². The van der Waals surface area contributed by atoms with Crippen molar-refractivity contribution in [3.05, 3.63) is 29.6 Å². The third-order valence-electron chi connectivity index (χ3n) is 3.39. The van der Waals surface area contributed by atoms with Crippen LogP contribution < -0.4 is 5.32 Å². The lowest BCUT2D eigenvalue weighted by molar-refractivity contribution is 0.0690. The van der Waals surface area contributed by atoms with E-state index in [1.165, 1.54) is 32.0 Å². The Bertz CT molecular complexity index is 430. The van der Waals surface area contributed by atoms with Crippen molar-refractivity contribution in [2.75, 3.05) is 19.6 Å². The summed E-state index contributed by atoms with van der Waals surface area (Å²) < 4.78 is 0. The zero-order valence-corrected chi connectivity index (χ0v) is 11.3. The van der Waals surface area contributed by atoms with Gasteiger partial charge in [0.05, 0.1) is 5.69 Å². The predicted molar refractivity (Wildman–Crippen MR) is 73.2 cm³/mol. The number of likely N-dealkylation sites (tertiary alicyclic amines) is 1. The van der Waals surface area contributed by atoms with Gasteiger partial charge in [0, 0.05) is 19.1 Å². The van der Waals surface area contributed by atoms with E-state index in [1.807, 2.05) is 6.07 Å². The van der Waals surface area contributed by atoms with Crippen molar-refractivity contribution in [1.29, 1.82) is 0 Å². The molecule has 1 aromatic heterocycles. The van der Waals surface area contributed by atoms with Gasteiger partial charge in [-0.2, -0.15) is 0 Å². The Kier molecular flexibility index (Phi) is 4.87. The first-order valence-electron chi connectivity index (χ1n) is 6.80. The van der Waals surface area contributed by atoms with Gasteiger partial charge in [0.1, 0.15) is 5.69 Å². The van der Waals surface area contributed by atoms with Gasteiger partial charge in [-0.05, 0) is 45.0 Å². The highest BCUT2D eigenvalue weighted by Gasteiger charge is 2.14. The van der Waals surface area contributed by atoms with Crippen LogP contribution in [0.3, 0.4) is 0 Å². The minimum atomic E-state index is -0.980. The maximum atomic E-state index is 10.8. The number of hydrogen-bond donors (Lipinski definition) is 2. The highest BCUT2D eigenvalue weighted by atomic mass is 16.4. The molecule has 1 saturated heterocycles. The normalized spacial score (nSPS) is 17.5. The Balaban J connectivity index is 1.80. The fraction of sp³-hybridized carbons (Fsp3) is 0.571. The van der Waals surface area contributed by atoms with Gasteiger partial charge in [-0.25, -0.2) is 9.78 Å². The molecule has 2 heterocycles. The number of rotatable bonds is 6. The number of aromatic nitrogens is 1. The first kappa shape index (κ1) is 14.0. The fourth-order valence-corrected chi connectivity index (χ4v) is 2.39. The zero-order valence-electron chi connectivity index (χ0n) is 11.3. The van der Waals surface area contributed by atoms with E-state index in [4.69, 9.17) is 5.11 Å². The maximum absolute atomic E-state index is 10.8. The minimum absolute atomic E-state index is 0.103. The van der Waals surface area contributed by atoms with E-state index in [9.17, 15) is 4.79 Å². The second-order valence-electron chi connectivity index (χ2n) is 5.11. The van der Waals surface area contributed by atoms with Crippen LogP contribution in [0.4, 0.5) is 0 Å². The van der Waals surface area contributed by atoms with Gasteiger partial charge >= 0.3 is 5.97 Å². The SMILES string of the molecule is CC(CN1CCCC1)NCc1cccc(C(=O)O)n1. The molecule has 1 aromatic rings. The highest BCUT2D eigenvalue weighted by molar-refractivity contribution is 5.85. The van der Waals surface area contributed by atoms with Crippen LogP contribution in [0.1, 0.15) is 35.9 Å². The standard InChI is InChI=1S/C14H21N3O2/c1-11(10-17-7-2-3-8-17)15-9-12-5-4-6-13(16-12)14(18)19/h4-6,11,15H,2-3,7-10H2,1H3,(H,18,19). The van der Waals surface area contributed by atoms with Crippen molar-refractivity contribution in [2.45, 2.75) is 32.4 Å². The number of pyridine rings is 1. The van der Waals surface area contributed by atoms with Crippen molar-refractivity contribution >= 4 is 5.97 Å². The predicted octanol–water partition coefficient (Wildman–Crippen LogP) is 1.35. The number of carboxylic acid groups (broad SMARTS) is 1. The molecule has 1 aliphatic rings. The molecule has 5 nitrogen and oxygen atoms in total. The summed E-state index contributed by atoms with van der Waals surface area (Å²) in [5.41, 5.74) is 0.875. The lowest BCUT2D eigenvalue weighted by Crippen LogP contribution is -2.37. The molecule has 0 bridgehead atoms. The summed E-state index contributed by atoms with van der Waals surface area (Å²) in [6.07, 6.45) is 2.60. The third-order valence-corrected chi connectivity index (χ3v) is 3.39. The van der Waals surface area contributed by atoms with Crippen molar-refractivity contribution in [2.24, 2.45) is 0 Å². The molecule has 5 heteroatoms. The molecule has 104 valence electrons. The molecule has 0 aliphatic carbocycles. The molecule has 2 rings (SSSR count). The summed E-state index contributed by atoms with van der Waals surface area (Å²) in [5.74, 6) is -0.980. The average molecular weight is 263 g/mol. The third kappa shape index (κ3) is 4.29. The second-order valence-corrected chi connectivity index (χ2v) is 5.11. The van der Waals surface area contributed by atoms with Crippen LogP contribution in [0, 0.1) is 0 Å². The lowest BCUT2D eigenvalue weighted by atomic mass is 10.2. The molecule has 0 radical (unpaired) electrons. The Morgan fingerprint density at radius 3 is 2.89 bits per heavy atom. The largest absolute Gasteiger partial charge is 0.477 e. The van der Waals surface area contributed by atoms with Crippen molar-refractivity contribution < 1.29 is 9.90 Å². The summed E-state index contributed by atoms with van der Waals surface area (Å²) >= 11 is 0. The van der Waals surface area contributed by atoms with Crippen LogP contribution in [-0.2, 0) is 6.54 Å². The van der Waals surface area contributed by atoms with Crippen LogP contribution in [0.15, 0.2) is 18.2 Å². The minimum Gasteiger partial charge on any atom is -0.477 e. The number of nitrogens with zero attached hydrogens (tertiary/aromatic N) is 2. The molecule has 0 saturated carbocycles. The van der Waals surface area contributed by atoms with Crippen LogP contribution in [0.5, 0.6) is 0 Å². The van der Waals surface area contributed by atoms with E-state index in [0.717, 1.165) is 12.2 Å². The molecule has 0 amide bonds. The van der Waals surface area contributed by atoms with Gasteiger partial charge in [0.25, 0.3) is 0 Å². The Morgan fingerprint density at radius 2 is 2.21 bits per heavy atom. The number of hydrogen-bond acceptors (Lipinski definition) is 4. The monoisotopic (exact) mass is 263 g/mol. The molecule has 2 N–H and O–H groups in total. The summed E-state index contributed by atoms with van der Waals surface area (Å²) in [6, 6.07) is 5.48. The number of nitrogens with one attached hydrogen (secondary N) is 1. The second kappa shape index (κ2) is 6.63. The van der Waals surface area contributed by atoms with Gasteiger partial charge < -0.3 is 15.3 Å². The van der Waals surface area contributed by atoms with Crippen LogP contribution in [-0.4, -0.2) is 46.6 Å². The summed E-state index contributed by atoms with van der Waals surface area (Å²) in [4.78, 5) is 17.4. The first-order chi connectivity index (χ1) is 9.15. The van der Waals surface area contributed by atoms with Gasteiger partial charge in [-0.3, -0.25) is 0 Å². The average Bonchev–Trinajstić information content (AvgIpc) is 2.89. The molecule has 1 atom stereocenters. The molecular weight excluding hydrogens is 242 g/mol. The Hall–Kier alpha value is -1.46. The molecular formula is C14H21N3O2. The summed E-state index contributed by atoms with van der Waals surface area (Å²) in [6.45, 7) is 6.19. The van der Waals surface area contributed by atoms with Gasteiger partial charge in [0.15, 0.2) is 0 Å². The number of carboxylic acids is 1. The Labute approximate surface area is 113 Å². The van der Waals surface area contributed by atoms with Gasteiger partial charge in [-0.1, -0.05) is 6.07 Å². The lowest BCUT2D eigenvalue weighted by Gasteiger charge is -2.21. The summed E-state index contributed by atoms with van der Waals surface area (Å²) in [7, 11) is 0. The number of aromatic carboxylic acids is 1. The van der Waals surface area contributed by atoms with Crippen LogP contribution >= 0.6 is 0 Å². The van der Waals surface area contributed by atoms with E-state index in [-0.39, 0.29) is 5.69 Å². The maximum Gasteiger partial charge on any atom is 0.354 e. The van der Waals surface area contributed by atoms with Gasteiger partial charge in [0.2, 0.25) is 0 Å². The first-order valence-corrected chi connectivity index (χ1v) is 6.80. The van der Waals surface area contributed by atoms with Crippen molar-refractivity contribution in [1.82, 2.24) is 15.2 Å². The molecule has 0 spiro atoms.